The van der Waals surface area contributed by atoms with Crippen molar-refractivity contribution in [3.63, 3.8) is 0 Å². The highest BCUT2D eigenvalue weighted by Crippen LogP contribution is 2.19. The molecule has 1 rings (SSSR count). The summed E-state index contributed by atoms with van der Waals surface area (Å²) < 4.78 is 2.73. The Kier molecular flexibility index (Phi) is 2.97. The fourth-order valence-electron chi connectivity index (χ4n) is 0.772. The van der Waals surface area contributed by atoms with E-state index in [4.69, 9.17) is 0 Å². The first-order valence-electron chi connectivity index (χ1n) is 3.03. The summed E-state index contributed by atoms with van der Waals surface area (Å²) in [6, 6.07) is 4.41. The summed E-state index contributed by atoms with van der Waals surface area (Å²) >= 11 is 4.74. The second-order valence-electron chi connectivity index (χ2n) is 2.35. The number of benzene rings is 1. The van der Waals surface area contributed by atoms with Crippen LogP contribution in [0.3, 0.4) is 0 Å². The van der Waals surface area contributed by atoms with Gasteiger partial charge in [0, 0.05) is 7.14 Å². The van der Waals surface area contributed by atoms with Crippen LogP contribution >= 0.6 is 45.2 Å². The third kappa shape index (κ3) is 1.84. The minimum Gasteiger partial charge on any atom is -0.0490 e. The van der Waals surface area contributed by atoms with E-state index in [1.54, 1.807) is 0 Å². The summed E-state index contributed by atoms with van der Waals surface area (Å²) in [7, 11) is 0. The molecule has 0 aliphatic carbocycles. The zero-order chi connectivity index (χ0) is 7.72. The third-order valence-electron chi connectivity index (χ3n) is 1.43. The van der Waals surface area contributed by atoms with Crippen molar-refractivity contribution in [2.75, 3.05) is 0 Å². The van der Waals surface area contributed by atoms with E-state index in [1.165, 1.54) is 18.3 Å². The van der Waals surface area contributed by atoms with Gasteiger partial charge in [-0.05, 0) is 82.3 Å². The quantitative estimate of drug-likeness (QED) is 0.623. The van der Waals surface area contributed by atoms with Gasteiger partial charge in [-0.1, -0.05) is 0 Å². The van der Waals surface area contributed by atoms with Gasteiger partial charge in [0.05, 0.1) is 0 Å². The number of halogens is 2. The standard InChI is InChI=1S/C8H8I2/c1-5-3-7(9)6(2)8(10)4-5/h3-4H,1-2H3. The Morgan fingerprint density at radius 1 is 1.00 bits per heavy atom. The normalized spacial score (nSPS) is 10.0. The minimum absolute atomic E-state index is 1.35. The zero-order valence-electron chi connectivity index (χ0n) is 5.91. The maximum Gasteiger partial charge on any atom is 0.0172 e. The Hall–Kier alpha value is 0.680. The number of hydrogen-bond acceptors (Lipinski definition) is 0. The first kappa shape index (κ1) is 8.77. The van der Waals surface area contributed by atoms with Crippen molar-refractivity contribution in [2.24, 2.45) is 0 Å². The van der Waals surface area contributed by atoms with Gasteiger partial charge in [-0.15, -0.1) is 0 Å². The van der Waals surface area contributed by atoms with Gasteiger partial charge in [0.15, 0.2) is 0 Å². The fraction of sp³-hybridized carbons (Fsp3) is 0.250. The second-order valence-corrected chi connectivity index (χ2v) is 4.68. The predicted octanol–water partition coefficient (Wildman–Crippen LogP) is 3.51. The molecule has 0 spiro atoms. The molecule has 0 saturated heterocycles. The van der Waals surface area contributed by atoms with Gasteiger partial charge in [-0.25, -0.2) is 0 Å². The maximum absolute atomic E-state index is 2.37. The molecule has 1 aromatic carbocycles. The van der Waals surface area contributed by atoms with Gasteiger partial charge < -0.3 is 0 Å². The smallest absolute Gasteiger partial charge is 0.0172 e. The van der Waals surface area contributed by atoms with E-state index < -0.39 is 0 Å². The van der Waals surface area contributed by atoms with Gasteiger partial charge in [-0.2, -0.15) is 0 Å². The molecule has 0 atom stereocenters. The Morgan fingerprint density at radius 2 is 1.40 bits per heavy atom. The van der Waals surface area contributed by atoms with E-state index in [1.807, 2.05) is 0 Å². The van der Waals surface area contributed by atoms with Gasteiger partial charge in [0.25, 0.3) is 0 Å². The molecule has 0 fully saturated rings. The van der Waals surface area contributed by atoms with Gasteiger partial charge in [0.2, 0.25) is 0 Å². The predicted molar refractivity (Wildman–Crippen MR) is 61.4 cm³/mol. The molecule has 0 radical (unpaired) electrons. The largest absolute Gasteiger partial charge is 0.0490 e. The number of aryl methyl sites for hydroxylation is 1. The Balaban J connectivity index is 3.31. The molecule has 0 nitrogen and oxygen atoms in total. The Labute approximate surface area is 88.7 Å². The molecular weight excluding hydrogens is 350 g/mol. The van der Waals surface area contributed by atoms with Crippen LogP contribution in [0.4, 0.5) is 0 Å². The molecule has 0 unspecified atom stereocenters. The van der Waals surface area contributed by atoms with Crippen molar-refractivity contribution in [1.82, 2.24) is 0 Å². The second kappa shape index (κ2) is 3.38. The summed E-state index contributed by atoms with van der Waals surface area (Å²) in [5.41, 5.74) is 2.74. The molecule has 2 heteroatoms. The van der Waals surface area contributed by atoms with Gasteiger partial charge in [0.1, 0.15) is 0 Å². The number of hydrogen-bond donors (Lipinski definition) is 0. The van der Waals surface area contributed by atoms with Crippen LogP contribution in [0, 0.1) is 21.0 Å². The zero-order valence-corrected chi connectivity index (χ0v) is 10.2. The van der Waals surface area contributed by atoms with Gasteiger partial charge in [-0.3, -0.25) is 0 Å². The topological polar surface area (TPSA) is 0 Å². The van der Waals surface area contributed by atoms with E-state index in [9.17, 15) is 0 Å². The average Bonchev–Trinajstić information content (AvgIpc) is 1.82. The molecule has 0 bridgehead atoms. The van der Waals surface area contributed by atoms with Crippen molar-refractivity contribution in [2.45, 2.75) is 13.8 Å². The van der Waals surface area contributed by atoms with Crippen molar-refractivity contribution < 1.29 is 0 Å². The minimum atomic E-state index is 1.35. The van der Waals surface area contributed by atoms with Crippen molar-refractivity contribution in [1.29, 1.82) is 0 Å². The molecule has 0 N–H and O–H groups in total. The fourth-order valence-corrected chi connectivity index (χ4v) is 2.85. The van der Waals surface area contributed by atoms with Crippen LogP contribution in [0.5, 0.6) is 0 Å². The third-order valence-corrected chi connectivity index (χ3v) is 3.67. The highest BCUT2D eigenvalue weighted by Gasteiger charge is 1.98. The molecule has 0 aliphatic heterocycles. The van der Waals surface area contributed by atoms with Crippen LogP contribution in [0.25, 0.3) is 0 Å². The van der Waals surface area contributed by atoms with Crippen LogP contribution < -0.4 is 0 Å². The van der Waals surface area contributed by atoms with Crippen molar-refractivity contribution in [3.05, 3.63) is 30.4 Å². The summed E-state index contributed by atoms with van der Waals surface area (Å²) in [6.07, 6.45) is 0. The van der Waals surface area contributed by atoms with E-state index in [2.05, 4.69) is 71.2 Å². The van der Waals surface area contributed by atoms with Crippen molar-refractivity contribution >= 4 is 45.2 Å². The van der Waals surface area contributed by atoms with Crippen LogP contribution in [0.1, 0.15) is 11.1 Å². The molecule has 0 amide bonds. The maximum atomic E-state index is 2.37. The monoisotopic (exact) mass is 358 g/mol. The molecule has 10 heavy (non-hydrogen) atoms. The Bertz CT molecular complexity index is 230. The van der Waals surface area contributed by atoms with E-state index >= 15 is 0 Å². The van der Waals surface area contributed by atoms with Crippen molar-refractivity contribution in [3.8, 4) is 0 Å². The summed E-state index contributed by atoms with van der Waals surface area (Å²) in [5, 5.41) is 0. The number of rotatable bonds is 0. The van der Waals surface area contributed by atoms with E-state index in [0.717, 1.165) is 0 Å². The van der Waals surface area contributed by atoms with Crippen LogP contribution in [-0.2, 0) is 0 Å². The first-order valence-corrected chi connectivity index (χ1v) is 5.19. The summed E-state index contributed by atoms with van der Waals surface area (Å²) in [6.45, 7) is 4.28. The molecule has 0 saturated carbocycles. The molecule has 1 aromatic rings. The molecular formula is C8H8I2. The SMILES string of the molecule is Cc1cc(I)c(C)c(I)c1. The molecule has 0 aromatic heterocycles. The summed E-state index contributed by atoms with van der Waals surface area (Å²) in [4.78, 5) is 0. The van der Waals surface area contributed by atoms with E-state index in [0.29, 0.717) is 0 Å². The van der Waals surface area contributed by atoms with E-state index in [-0.39, 0.29) is 0 Å². The average molecular weight is 358 g/mol. The van der Waals surface area contributed by atoms with Gasteiger partial charge >= 0.3 is 0 Å². The van der Waals surface area contributed by atoms with Crippen LogP contribution in [0.2, 0.25) is 0 Å². The Morgan fingerprint density at radius 3 is 1.80 bits per heavy atom. The van der Waals surface area contributed by atoms with Crippen LogP contribution in [-0.4, -0.2) is 0 Å². The lowest BCUT2D eigenvalue weighted by molar-refractivity contribution is 1.33. The highest BCUT2D eigenvalue weighted by molar-refractivity contribution is 14.1. The molecule has 0 aliphatic rings. The first-order chi connectivity index (χ1) is 4.61. The lowest BCUT2D eigenvalue weighted by atomic mass is 10.2. The lowest BCUT2D eigenvalue weighted by Crippen LogP contribution is -1.86. The molecule has 0 heterocycles. The van der Waals surface area contributed by atoms with Crippen LogP contribution in [0.15, 0.2) is 12.1 Å². The highest BCUT2D eigenvalue weighted by atomic mass is 127. The summed E-state index contributed by atoms with van der Waals surface area (Å²) in [5.74, 6) is 0. The lowest BCUT2D eigenvalue weighted by Gasteiger charge is -2.02. The molecule has 54 valence electrons.